The Morgan fingerprint density at radius 1 is 1.17 bits per heavy atom. The third-order valence-corrected chi connectivity index (χ3v) is 6.89. The largest absolute Gasteiger partial charge is 0.486 e. The van der Waals surface area contributed by atoms with Crippen molar-refractivity contribution < 1.29 is 22.7 Å². The Hall–Kier alpha value is -1.80. The maximum absolute atomic E-state index is 13.1. The molecule has 0 unspecified atom stereocenters. The summed E-state index contributed by atoms with van der Waals surface area (Å²) < 4.78 is 38.4. The van der Waals surface area contributed by atoms with Gasteiger partial charge in [-0.15, -0.1) is 0 Å². The molecule has 0 bridgehead atoms. The molecule has 0 radical (unpaired) electrons. The first-order valence-corrected chi connectivity index (χ1v) is 9.64. The van der Waals surface area contributed by atoms with Crippen LogP contribution in [0.1, 0.15) is 19.8 Å². The molecule has 3 heterocycles. The van der Waals surface area contributed by atoms with Crippen molar-refractivity contribution in [2.24, 2.45) is 0 Å². The van der Waals surface area contributed by atoms with Gasteiger partial charge in [0.2, 0.25) is 15.9 Å². The molecule has 3 aliphatic rings. The second-order valence-electron chi connectivity index (χ2n) is 6.38. The highest BCUT2D eigenvalue weighted by Gasteiger charge is 2.45. The van der Waals surface area contributed by atoms with E-state index in [1.807, 2.05) is 4.90 Å². The monoisotopic (exact) mass is 352 g/mol. The normalized spacial score (nSPS) is 27.2. The number of nitrogens with zero attached hydrogens (tertiary/aromatic N) is 2. The van der Waals surface area contributed by atoms with Crippen LogP contribution in [0, 0.1) is 0 Å². The summed E-state index contributed by atoms with van der Waals surface area (Å²) in [5.74, 6) is 0.871. The van der Waals surface area contributed by atoms with Crippen molar-refractivity contribution in [2.45, 2.75) is 36.7 Å². The van der Waals surface area contributed by atoms with Crippen molar-refractivity contribution in [1.82, 2.24) is 9.21 Å². The molecule has 7 nitrogen and oxygen atoms in total. The van der Waals surface area contributed by atoms with E-state index in [1.165, 1.54) is 16.4 Å². The molecule has 0 aliphatic carbocycles. The highest BCUT2D eigenvalue weighted by molar-refractivity contribution is 7.89. The second-order valence-corrected chi connectivity index (χ2v) is 8.27. The summed E-state index contributed by atoms with van der Waals surface area (Å²) in [6.45, 7) is 3.59. The van der Waals surface area contributed by atoms with Crippen LogP contribution in [-0.4, -0.2) is 61.9 Å². The number of carbonyl (C=O) groups is 1. The molecule has 2 saturated heterocycles. The molecule has 2 atom stereocenters. The van der Waals surface area contributed by atoms with E-state index in [9.17, 15) is 13.2 Å². The minimum atomic E-state index is -3.77. The van der Waals surface area contributed by atoms with Gasteiger partial charge in [-0.1, -0.05) is 0 Å². The summed E-state index contributed by atoms with van der Waals surface area (Å²) in [5, 5.41) is 0. The molecular formula is C16H20N2O5S. The molecular weight excluding hydrogens is 332 g/mol. The SMILES string of the molecule is C[C@@H]1C(=O)N2CCC[C@@H]2CN1S(=O)(=O)c1ccc2c(c1)OCCO2. The molecule has 24 heavy (non-hydrogen) atoms. The lowest BCUT2D eigenvalue weighted by molar-refractivity contribution is -0.139. The first kappa shape index (κ1) is 15.7. The molecule has 0 aromatic heterocycles. The maximum atomic E-state index is 13.1. The second kappa shape index (κ2) is 5.63. The van der Waals surface area contributed by atoms with Crippen LogP contribution in [0.25, 0.3) is 0 Å². The topological polar surface area (TPSA) is 76.2 Å². The summed E-state index contributed by atoms with van der Waals surface area (Å²) in [7, 11) is -3.77. The molecule has 1 aromatic carbocycles. The lowest BCUT2D eigenvalue weighted by Crippen LogP contribution is -2.59. The Bertz CT molecular complexity index is 779. The number of rotatable bonds is 2. The maximum Gasteiger partial charge on any atom is 0.244 e. The first-order valence-electron chi connectivity index (χ1n) is 8.20. The van der Waals surface area contributed by atoms with Crippen LogP contribution in [-0.2, 0) is 14.8 Å². The van der Waals surface area contributed by atoms with Crippen molar-refractivity contribution in [3.05, 3.63) is 18.2 Å². The van der Waals surface area contributed by atoms with E-state index in [2.05, 4.69) is 0 Å². The quantitative estimate of drug-likeness (QED) is 0.788. The predicted molar refractivity (Wildman–Crippen MR) is 85.5 cm³/mol. The third kappa shape index (κ3) is 2.36. The molecule has 4 rings (SSSR count). The summed E-state index contributed by atoms with van der Waals surface area (Å²) >= 11 is 0. The fraction of sp³-hybridized carbons (Fsp3) is 0.562. The van der Waals surface area contributed by atoms with Crippen LogP contribution in [0.3, 0.4) is 0 Å². The van der Waals surface area contributed by atoms with Gasteiger partial charge in [-0.3, -0.25) is 4.79 Å². The van der Waals surface area contributed by atoms with E-state index in [1.54, 1.807) is 13.0 Å². The molecule has 0 saturated carbocycles. The van der Waals surface area contributed by atoms with Crippen LogP contribution >= 0.6 is 0 Å². The smallest absolute Gasteiger partial charge is 0.244 e. The van der Waals surface area contributed by atoms with Gasteiger partial charge in [-0.2, -0.15) is 4.31 Å². The Kier molecular flexibility index (Phi) is 3.69. The molecule has 3 aliphatic heterocycles. The van der Waals surface area contributed by atoms with E-state index >= 15 is 0 Å². The highest BCUT2D eigenvalue weighted by atomic mass is 32.2. The zero-order valence-corrected chi connectivity index (χ0v) is 14.3. The lowest BCUT2D eigenvalue weighted by Gasteiger charge is -2.40. The van der Waals surface area contributed by atoms with Crippen molar-refractivity contribution in [3.63, 3.8) is 0 Å². The van der Waals surface area contributed by atoms with Gasteiger partial charge in [0.25, 0.3) is 0 Å². The molecule has 1 amide bonds. The van der Waals surface area contributed by atoms with Crippen molar-refractivity contribution in [1.29, 1.82) is 0 Å². The van der Waals surface area contributed by atoms with Crippen LogP contribution in [0.15, 0.2) is 23.1 Å². The fourth-order valence-electron chi connectivity index (χ4n) is 3.67. The molecule has 2 fully saturated rings. The number of benzene rings is 1. The summed E-state index contributed by atoms with van der Waals surface area (Å²) in [6, 6.07) is 3.92. The Balaban J connectivity index is 1.68. The molecule has 8 heteroatoms. The van der Waals surface area contributed by atoms with E-state index in [0.717, 1.165) is 19.4 Å². The highest BCUT2D eigenvalue weighted by Crippen LogP contribution is 2.35. The zero-order valence-electron chi connectivity index (χ0n) is 13.5. The fourth-order valence-corrected chi connectivity index (χ4v) is 5.31. The minimum absolute atomic E-state index is 0.0133. The average molecular weight is 352 g/mol. The number of ether oxygens (including phenoxy) is 2. The summed E-state index contributed by atoms with van der Waals surface area (Å²) in [6.07, 6.45) is 1.78. The van der Waals surface area contributed by atoms with E-state index in [4.69, 9.17) is 9.47 Å². The predicted octanol–water partition coefficient (Wildman–Crippen LogP) is 0.842. The molecule has 0 N–H and O–H groups in total. The van der Waals surface area contributed by atoms with Crippen LogP contribution in [0.5, 0.6) is 11.5 Å². The number of piperazine rings is 1. The van der Waals surface area contributed by atoms with Crippen molar-refractivity contribution in [3.8, 4) is 11.5 Å². The van der Waals surface area contributed by atoms with Gasteiger partial charge in [0, 0.05) is 25.2 Å². The van der Waals surface area contributed by atoms with Crippen LogP contribution in [0.4, 0.5) is 0 Å². The summed E-state index contributed by atoms with van der Waals surface area (Å²) in [4.78, 5) is 14.5. The van der Waals surface area contributed by atoms with E-state index in [0.29, 0.717) is 31.3 Å². The Labute approximate surface area is 141 Å². The molecule has 1 aromatic rings. The van der Waals surface area contributed by atoms with Gasteiger partial charge < -0.3 is 14.4 Å². The van der Waals surface area contributed by atoms with Crippen LogP contribution in [0.2, 0.25) is 0 Å². The van der Waals surface area contributed by atoms with Gasteiger partial charge in [0.1, 0.15) is 19.3 Å². The number of fused-ring (bicyclic) bond motifs is 2. The van der Waals surface area contributed by atoms with Gasteiger partial charge in [-0.05, 0) is 31.9 Å². The number of amides is 1. The van der Waals surface area contributed by atoms with Gasteiger partial charge in [-0.25, -0.2) is 8.42 Å². The number of sulfonamides is 1. The van der Waals surface area contributed by atoms with Crippen molar-refractivity contribution in [2.75, 3.05) is 26.3 Å². The summed E-state index contributed by atoms with van der Waals surface area (Å²) in [5.41, 5.74) is 0. The van der Waals surface area contributed by atoms with Gasteiger partial charge in [0.15, 0.2) is 11.5 Å². The zero-order chi connectivity index (χ0) is 16.9. The third-order valence-electron chi connectivity index (χ3n) is 4.96. The standard InChI is InChI=1S/C16H20N2O5S/c1-11-16(19)17-6-2-3-12(17)10-18(11)24(20,21)13-4-5-14-15(9-13)23-8-7-22-14/h4-5,9,11-12H,2-3,6-8,10H2,1H3/t11-,12-/m1/s1. The molecule has 0 spiro atoms. The van der Waals surface area contributed by atoms with E-state index in [-0.39, 0.29) is 16.8 Å². The van der Waals surface area contributed by atoms with Crippen LogP contribution < -0.4 is 9.47 Å². The van der Waals surface area contributed by atoms with Gasteiger partial charge in [0.05, 0.1) is 4.90 Å². The number of hydrogen-bond donors (Lipinski definition) is 0. The van der Waals surface area contributed by atoms with Crippen molar-refractivity contribution >= 4 is 15.9 Å². The first-order chi connectivity index (χ1) is 11.5. The lowest BCUT2D eigenvalue weighted by atomic mass is 10.1. The Morgan fingerprint density at radius 3 is 2.71 bits per heavy atom. The number of carbonyl (C=O) groups excluding carboxylic acids is 1. The Morgan fingerprint density at radius 2 is 1.92 bits per heavy atom. The van der Waals surface area contributed by atoms with Gasteiger partial charge >= 0.3 is 0 Å². The minimum Gasteiger partial charge on any atom is -0.486 e. The molecule has 130 valence electrons. The average Bonchev–Trinajstić information content (AvgIpc) is 3.06. The number of hydrogen-bond acceptors (Lipinski definition) is 5. The van der Waals surface area contributed by atoms with E-state index < -0.39 is 16.1 Å².